The fourth-order valence-corrected chi connectivity index (χ4v) is 4.24. The van der Waals surface area contributed by atoms with Crippen LogP contribution in [-0.2, 0) is 11.2 Å². The number of ether oxygens (including phenoxy) is 2. The highest BCUT2D eigenvalue weighted by molar-refractivity contribution is 6.31. The lowest BCUT2D eigenvalue weighted by atomic mass is 9.91. The molecule has 5 N–H and O–H groups in total. The topological polar surface area (TPSA) is 111 Å². The largest absolute Gasteiger partial charge is 0.484 e. The zero-order valence-electron chi connectivity index (χ0n) is 17.5. The van der Waals surface area contributed by atoms with Crippen molar-refractivity contribution < 1.29 is 29.9 Å². The highest BCUT2D eigenvalue weighted by Gasteiger charge is 2.40. The van der Waals surface area contributed by atoms with Crippen molar-refractivity contribution in [3.63, 3.8) is 0 Å². The second-order valence-electron chi connectivity index (χ2n) is 8.88. The van der Waals surface area contributed by atoms with Crippen molar-refractivity contribution >= 4 is 17.3 Å². The molecule has 0 aromatic heterocycles. The molecule has 1 saturated heterocycles. The van der Waals surface area contributed by atoms with E-state index >= 15 is 0 Å². The van der Waals surface area contributed by atoms with E-state index in [2.05, 4.69) is 5.32 Å². The molecule has 0 radical (unpaired) electrons. The predicted octanol–water partition coefficient (Wildman–Crippen LogP) is 2.38. The van der Waals surface area contributed by atoms with E-state index in [1.807, 2.05) is 38.1 Å². The van der Waals surface area contributed by atoms with Gasteiger partial charge < -0.3 is 35.2 Å². The lowest BCUT2D eigenvalue weighted by Gasteiger charge is -2.38. The molecule has 0 aliphatic carbocycles. The van der Waals surface area contributed by atoms with Gasteiger partial charge >= 0.3 is 0 Å². The Morgan fingerprint density at radius 3 is 2.68 bits per heavy atom. The summed E-state index contributed by atoms with van der Waals surface area (Å²) in [4.78, 5) is 0. The summed E-state index contributed by atoms with van der Waals surface area (Å²) in [5.74, 6) is 0.807. The molecule has 2 aromatic carbocycles. The van der Waals surface area contributed by atoms with Gasteiger partial charge in [0.05, 0.1) is 18.3 Å². The molecule has 4 rings (SSSR count). The Morgan fingerprint density at radius 1 is 1.16 bits per heavy atom. The minimum absolute atomic E-state index is 0.0587. The van der Waals surface area contributed by atoms with Crippen LogP contribution >= 0.6 is 11.6 Å². The van der Waals surface area contributed by atoms with Crippen LogP contribution in [0.4, 0.5) is 5.69 Å². The Labute approximate surface area is 186 Å². The molecule has 31 heavy (non-hydrogen) atoms. The van der Waals surface area contributed by atoms with Gasteiger partial charge in [0, 0.05) is 11.4 Å². The fourth-order valence-electron chi connectivity index (χ4n) is 4.05. The first-order valence-corrected chi connectivity index (χ1v) is 10.7. The average Bonchev–Trinajstić information content (AvgIpc) is 2.71. The molecule has 0 bridgehead atoms. The second kappa shape index (κ2) is 8.58. The van der Waals surface area contributed by atoms with Crippen LogP contribution in [0.25, 0.3) is 0 Å². The zero-order valence-corrected chi connectivity index (χ0v) is 18.2. The molecular formula is C23H28ClNO6. The van der Waals surface area contributed by atoms with E-state index in [1.54, 1.807) is 12.1 Å². The number of hydrogen-bond donors (Lipinski definition) is 5. The lowest BCUT2D eigenvalue weighted by molar-refractivity contribution is -0.233. The Kier molecular flexibility index (Phi) is 6.18. The SMILES string of the molecule is CC1(C)CNc2cc(Cc3cc([C@@H]4OC(C(O)O)C[C@H](O)[C@H]4O)ccc3Cl)ccc2O1. The van der Waals surface area contributed by atoms with Crippen molar-refractivity contribution in [3.8, 4) is 5.75 Å². The zero-order chi connectivity index (χ0) is 22.3. The summed E-state index contributed by atoms with van der Waals surface area (Å²) in [5, 5.41) is 43.5. The van der Waals surface area contributed by atoms with E-state index < -0.39 is 30.7 Å². The molecule has 1 fully saturated rings. The Hall–Kier alpha value is -1.87. The van der Waals surface area contributed by atoms with Gasteiger partial charge in [0.1, 0.15) is 29.7 Å². The van der Waals surface area contributed by atoms with Crippen molar-refractivity contribution in [1.29, 1.82) is 0 Å². The standard InChI is InChI=1S/C23H28ClNO6/c1-23(2)11-25-16-8-12(3-6-18(16)31-23)7-14-9-13(4-5-15(14)24)21-20(27)17(26)10-19(30-21)22(28)29/h3-6,8-9,17,19-22,25-29H,7,10-11H2,1-2H3/t17-,19?,20+,21-/m0/s1. The Balaban J connectivity index is 1.57. The fraction of sp³-hybridized carbons (Fsp3) is 0.478. The second-order valence-corrected chi connectivity index (χ2v) is 9.28. The number of aliphatic hydroxyl groups is 4. The molecule has 8 heteroatoms. The minimum atomic E-state index is -1.74. The average molecular weight is 450 g/mol. The number of benzene rings is 2. The normalized spacial score (nSPS) is 27.4. The summed E-state index contributed by atoms with van der Waals surface area (Å²) in [5.41, 5.74) is 3.13. The van der Waals surface area contributed by atoms with E-state index in [1.165, 1.54) is 0 Å². The van der Waals surface area contributed by atoms with Crippen LogP contribution in [-0.4, -0.2) is 57.2 Å². The maximum atomic E-state index is 10.4. The molecule has 2 aliphatic heterocycles. The van der Waals surface area contributed by atoms with Crippen molar-refractivity contribution in [2.24, 2.45) is 0 Å². The Morgan fingerprint density at radius 2 is 1.94 bits per heavy atom. The van der Waals surface area contributed by atoms with Crippen LogP contribution in [0.2, 0.25) is 5.02 Å². The Bertz CT molecular complexity index is 950. The number of halogens is 1. The molecule has 0 saturated carbocycles. The molecule has 2 aromatic rings. The summed E-state index contributed by atoms with van der Waals surface area (Å²) >= 11 is 6.44. The number of nitrogens with one attached hydrogen (secondary N) is 1. The van der Waals surface area contributed by atoms with Gasteiger partial charge in [-0.3, -0.25) is 0 Å². The van der Waals surface area contributed by atoms with E-state index in [-0.39, 0.29) is 12.0 Å². The third kappa shape index (κ3) is 4.82. The van der Waals surface area contributed by atoms with Crippen LogP contribution in [0.1, 0.15) is 43.1 Å². The van der Waals surface area contributed by atoms with Gasteiger partial charge in [-0.1, -0.05) is 29.8 Å². The van der Waals surface area contributed by atoms with E-state index in [4.69, 9.17) is 21.1 Å². The van der Waals surface area contributed by atoms with Crippen molar-refractivity contribution in [1.82, 2.24) is 0 Å². The maximum Gasteiger partial charge on any atom is 0.178 e. The molecule has 2 aliphatic rings. The molecule has 0 amide bonds. The first-order valence-electron chi connectivity index (χ1n) is 10.3. The van der Waals surface area contributed by atoms with Gasteiger partial charge in [0.15, 0.2) is 6.29 Å². The van der Waals surface area contributed by atoms with Crippen LogP contribution in [0.15, 0.2) is 36.4 Å². The van der Waals surface area contributed by atoms with E-state index in [0.717, 1.165) is 22.6 Å². The summed E-state index contributed by atoms with van der Waals surface area (Å²) in [6.45, 7) is 4.76. The summed E-state index contributed by atoms with van der Waals surface area (Å²) < 4.78 is 11.7. The minimum Gasteiger partial charge on any atom is -0.484 e. The number of aliphatic hydroxyl groups excluding tert-OH is 3. The van der Waals surface area contributed by atoms with Crippen LogP contribution < -0.4 is 10.1 Å². The third-order valence-electron chi connectivity index (χ3n) is 5.76. The van der Waals surface area contributed by atoms with Gasteiger partial charge in [-0.15, -0.1) is 0 Å². The molecular weight excluding hydrogens is 422 g/mol. The number of hydrogen-bond acceptors (Lipinski definition) is 7. The molecule has 1 unspecified atom stereocenters. The number of fused-ring (bicyclic) bond motifs is 1. The third-order valence-corrected chi connectivity index (χ3v) is 6.13. The first kappa shape index (κ1) is 22.3. The van der Waals surface area contributed by atoms with E-state index in [0.29, 0.717) is 23.6 Å². The van der Waals surface area contributed by atoms with E-state index in [9.17, 15) is 20.4 Å². The van der Waals surface area contributed by atoms with Gasteiger partial charge in [0.2, 0.25) is 0 Å². The monoisotopic (exact) mass is 449 g/mol. The highest BCUT2D eigenvalue weighted by Crippen LogP contribution is 2.37. The molecule has 7 nitrogen and oxygen atoms in total. The highest BCUT2D eigenvalue weighted by atomic mass is 35.5. The van der Waals surface area contributed by atoms with Crippen molar-refractivity contribution in [2.45, 2.75) is 63.0 Å². The summed E-state index contributed by atoms with van der Waals surface area (Å²) in [6, 6.07) is 11.2. The summed E-state index contributed by atoms with van der Waals surface area (Å²) in [7, 11) is 0. The number of rotatable bonds is 4. The molecule has 2 heterocycles. The smallest absolute Gasteiger partial charge is 0.178 e. The van der Waals surface area contributed by atoms with Crippen LogP contribution in [0, 0.1) is 0 Å². The van der Waals surface area contributed by atoms with Gasteiger partial charge in [-0.2, -0.15) is 0 Å². The molecule has 168 valence electrons. The molecule has 4 atom stereocenters. The van der Waals surface area contributed by atoms with Crippen LogP contribution in [0.3, 0.4) is 0 Å². The molecule has 0 spiro atoms. The predicted molar refractivity (Wildman–Crippen MR) is 116 cm³/mol. The maximum absolute atomic E-state index is 10.4. The lowest BCUT2D eigenvalue weighted by Crippen LogP contribution is -2.47. The van der Waals surface area contributed by atoms with Crippen molar-refractivity contribution in [2.75, 3.05) is 11.9 Å². The number of anilines is 1. The van der Waals surface area contributed by atoms with Crippen LogP contribution in [0.5, 0.6) is 5.75 Å². The van der Waals surface area contributed by atoms with Gasteiger partial charge in [-0.05, 0) is 55.2 Å². The van der Waals surface area contributed by atoms with Gasteiger partial charge in [-0.25, -0.2) is 0 Å². The summed E-state index contributed by atoms with van der Waals surface area (Å²) in [6.07, 6.45) is -5.45. The first-order chi connectivity index (χ1) is 14.6. The van der Waals surface area contributed by atoms with Crippen molar-refractivity contribution in [3.05, 3.63) is 58.1 Å². The quantitative estimate of drug-likeness (QED) is 0.456. The van der Waals surface area contributed by atoms with Gasteiger partial charge in [0.25, 0.3) is 0 Å².